The number of phenolic OH excluding ortho intramolecular Hbond substituents is 2. The Morgan fingerprint density at radius 1 is 1.23 bits per heavy atom. The van der Waals surface area contributed by atoms with Crippen molar-refractivity contribution in [1.29, 1.82) is 5.26 Å². The normalized spacial score (nSPS) is 12.6. The number of aromatic nitrogens is 1. The Labute approximate surface area is 158 Å². The minimum absolute atomic E-state index is 0.0539. The van der Waals surface area contributed by atoms with Gasteiger partial charge in [-0.2, -0.15) is 5.26 Å². The Kier molecular flexibility index (Phi) is 5.23. The Balaban J connectivity index is 1.76. The number of aryl methyl sites for hydroxylation is 1. The van der Waals surface area contributed by atoms with E-state index in [9.17, 15) is 20.6 Å². The highest BCUT2D eigenvalue weighted by Gasteiger charge is 2.14. The first-order chi connectivity index (χ1) is 12.5. The lowest BCUT2D eigenvalue weighted by Crippen LogP contribution is -2.20. The summed E-state index contributed by atoms with van der Waals surface area (Å²) in [7, 11) is 0. The number of phenols is 2. The van der Waals surface area contributed by atoms with Crippen molar-refractivity contribution in [2.75, 3.05) is 5.32 Å². The molecule has 0 spiro atoms. The van der Waals surface area contributed by atoms with E-state index in [-0.39, 0.29) is 17.1 Å². The number of nitriles is 1. The number of aromatic hydroxyl groups is 2. The van der Waals surface area contributed by atoms with Gasteiger partial charge in [-0.25, -0.2) is 4.98 Å². The van der Waals surface area contributed by atoms with E-state index in [0.717, 1.165) is 11.3 Å². The zero-order valence-electron chi connectivity index (χ0n) is 13.7. The van der Waals surface area contributed by atoms with Gasteiger partial charge in [-0.3, -0.25) is 0 Å². The van der Waals surface area contributed by atoms with E-state index in [2.05, 4.69) is 10.3 Å². The molecule has 0 aliphatic rings. The molecule has 2 heterocycles. The lowest BCUT2D eigenvalue weighted by Gasteiger charge is -2.10. The first-order valence-electron chi connectivity index (χ1n) is 7.55. The molecule has 0 radical (unpaired) electrons. The third kappa shape index (κ3) is 4.03. The van der Waals surface area contributed by atoms with Crippen LogP contribution in [-0.4, -0.2) is 26.5 Å². The second-order valence-electron chi connectivity index (χ2n) is 5.49. The minimum atomic E-state index is -1.25. The average Bonchev–Trinajstić information content (AvgIpc) is 3.24. The third-order valence-corrected chi connectivity index (χ3v) is 5.17. The van der Waals surface area contributed by atoms with Crippen molar-refractivity contribution in [2.45, 2.75) is 13.2 Å². The smallest absolute Gasteiger partial charge is 0.185 e. The third-order valence-electron chi connectivity index (χ3n) is 3.54. The van der Waals surface area contributed by atoms with Crippen LogP contribution in [0.2, 0.25) is 0 Å². The van der Waals surface area contributed by atoms with Crippen LogP contribution in [0.15, 0.2) is 40.6 Å². The molecule has 0 saturated heterocycles. The highest BCUT2D eigenvalue weighted by molar-refractivity contribution is 7.14. The van der Waals surface area contributed by atoms with E-state index in [1.165, 1.54) is 40.5 Å². The summed E-state index contributed by atoms with van der Waals surface area (Å²) in [6, 6.07) is 8.11. The molecule has 0 bridgehead atoms. The van der Waals surface area contributed by atoms with Crippen LogP contribution in [-0.2, 0) is 0 Å². The molecule has 0 aliphatic heterocycles. The summed E-state index contributed by atoms with van der Waals surface area (Å²) >= 11 is 2.97. The number of rotatable bonds is 5. The fourth-order valence-corrected chi connectivity index (χ4v) is 3.67. The number of anilines is 1. The van der Waals surface area contributed by atoms with E-state index in [0.29, 0.717) is 10.7 Å². The van der Waals surface area contributed by atoms with Gasteiger partial charge in [-0.05, 0) is 36.8 Å². The minimum Gasteiger partial charge on any atom is -0.504 e. The predicted octanol–water partition coefficient (Wildman–Crippen LogP) is 3.93. The molecule has 4 N–H and O–H groups in total. The summed E-state index contributed by atoms with van der Waals surface area (Å²) in [6.45, 7) is 2.02. The highest BCUT2D eigenvalue weighted by atomic mass is 32.1. The number of hydrogen-bond acceptors (Lipinski definition) is 8. The Hall–Kier alpha value is -2.86. The maximum atomic E-state index is 10.3. The molecule has 26 heavy (non-hydrogen) atoms. The first kappa shape index (κ1) is 17.9. The number of nitrogens with one attached hydrogen (secondary N) is 1. The molecule has 1 atom stereocenters. The number of aliphatic hydroxyl groups is 1. The molecule has 2 aromatic heterocycles. The summed E-state index contributed by atoms with van der Waals surface area (Å²) in [5.41, 5.74) is 2.35. The van der Waals surface area contributed by atoms with Gasteiger partial charge in [0.05, 0.1) is 17.3 Å². The quantitative estimate of drug-likeness (QED) is 0.301. The van der Waals surface area contributed by atoms with Gasteiger partial charge in [-0.1, -0.05) is 6.07 Å². The van der Waals surface area contributed by atoms with Gasteiger partial charge in [0.2, 0.25) is 0 Å². The fraction of sp³-hybridized carbons (Fsp3) is 0.111. The largest absolute Gasteiger partial charge is 0.504 e. The van der Waals surface area contributed by atoms with Crippen molar-refractivity contribution in [1.82, 2.24) is 4.98 Å². The van der Waals surface area contributed by atoms with E-state index < -0.39 is 6.23 Å². The van der Waals surface area contributed by atoms with Crippen molar-refractivity contribution in [3.05, 3.63) is 51.0 Å². The van der Waals surface area contributed by atoms with Gasteiger partial charge in [0.15, 0.2) is 22.9 Å². The lowest BCUT2D eigenvalue weighted by molar-refractivity contribution is 0.245. The van der Waals surface area contributed by atoms with Crippen LogP contribution >= 0.6 is 22.7 Å². The topological polar surface area (TPSA) is 109 Å². The first-order valence-corrected chi connectivity index (χ1v) is 9.31. The van der Waals surface area contributed by atoms with Gasteiger partial charge in [0.1, 0.15) is 0 Å². The lowest BCUT2D eigenvalue weighted by atomic mass is 10.1. The summed E-state index contributed by atoms with van der Waals surface area (Å²) in [4.78, 5) is 5.62. The molecule has 3 aromatic rings. The fourth-order valence-electron chi connectivity index (χ4n) is 2.23. The van der Waals surface area contributed by atoms with E-state index in [4.69, 9.17) is 0 Å². The number of nitrogens with zero attached hydrogens (tertiary/aromatic N) is 2. The standard InChI is InChI=1S/C18H15N3O3S2/c1-10-4-13(8-25-10)14-9-26-18(20-14)21-17(24)12(7-19)5-11-2-3-15(22)16(23)6-11/h2-6,8-9,17,22-24H,1H3,(H,20,21)/b12-5+. The maximum Gasteiger partial charge on any atom is 0.185 e. The molecular weight excluding hydrogens is 370 g/mol. The van der Waals surface area contributed by atoms with Crippen LogP contribution in [0.5, 0.6) is 11.5 Å². The molecule has 1 aromatic carbocycles. The maximum absolute atomic E-state index is 10.3. The predicted molar refractivity (Wildman–Crippen MR) is 103 cm³/mol. The summed E-state index contributed by atoms with van der Waals surface area (Å²) in [5.74, 6) is -0.549. The number of thiazole rings is 1. The summed E-state index contributed by atoms with van der Waals surface area (Å²) < 4.78 is 0. The molecule has 0 saturated carbocycles. The van der Waals surface area contributed by atoms with Crippen molar-refractivity contribution in [3.8, 4) is 28.8 Å². The summed E-state index contributed by atoms with van der Waals surface area (Å²) in [5, 5.41) is 45.6. The second-order valence-corrected chi connectivity index (χ2v) is 7.46. The van der Waals surface area contributed by atoms with Crippen molar-refractivity contribution in [3.63, 3.8) is 0 Å². The Bertz CT molecular complexity index is 1000. The van der Waals surface area contributed by atoms with Crippen LogP contribution in [0.1, 0.15) is 10.4 Å². The SMILES string of the molecule is Cc1cc(-c2csc(NC(O)/C(C#N)=C/c3ccc(O)c(O)c3)n2)cs1. The summed E-state index contributed by atoms with van der Waals surface area (Å²) in [6.07, 6.45) is 0.173. The molecule has 0 amide bonds. The van der Waals surface area contributed by atoms with Gasteiger partial charge in [-0.15, -0.1) is 22.7 Å². The number of benzene rings is 1. The average molecular weight is 385 g/mol. The van der Waals surface area contributed by atoms with Gasteiger partial charge in [0.25, 0.3) is 0 Å². The molecular formula is C18H15N3O3S2. The van der Waals surface area contributed by atoms with Crippen molar-refractivity contribution < 1.29 is 15.3 Å². The zero-order valence-corrected chi connectivity index (χ0v) is 15.3. The molecule has 3 rings (SSSR count). The van der Waals surface area contributed by atoms with Crippen LogP contribution in [0, 0.1) is 18.3 Å². The molecule has 132 valence electrons. The van der Waals surface area contributed by atoms with Crippen molar-refractivity contribution in [2.24, 2.45) is 0 Å². The number of hydrogen-bond donors (Lipinski definition) is 4. The second kappa shape index (κ2) is 7.58. The Morgan fingerprint density at radius 2 is 2.04 bits per heavy atom. The molecule has 0 fully saturated rings. The van der Waals surface area contributed by atoms with E-state index in [1.807, 2.05) is 29.8 Å². The highest BCUT2D eigenvalue weighted by Crippen LogP contribution is 2.29. The van der Waals surface area contributed by atoms with Gasteiger partial charge in [0, 0.05) is 21.2 Å². The van der Waals surface area contributed by atoms with Gasteiger partial charge < -0.3 is 20.6 Å². The van der Waals surface area contributed by atoms with Gasteiger partial charge >= 0.3 is 0 Å². The monoisotopic (exact) mass is 385 g/mol. The van der Waals surface area contributed by atoms with Crippen LogP contribution in [0.4, 0.5) is 5.13 Å². The molecule has 0 aliphatic carbocycles. The van der Waals surface area contributed by atoms with Crippen LogP contribution in [0.25, 0.3) is 17.3 Å². The number of thiophene rings is 1. The molecule has 1 unspecified atom stereocenters. The zero-order chi connectivity index (χ0) is 18.7. The molecule has 6 nitrogen and oxygen atoms in total. The van der Waals surface area contributed by atoms with E-state index in [1.54, 1.807) is 11.3 Å². The number of aliphatic hydroxyl groups excluding tert-OH is 1. The van der Waals surface area contributed by atoms with Crippen LogP contribution in [0.3, 0.4) is 0 Å². The molecule has 8 heteroatoms. The van der Waals surface area contributed by atoms with Crippen LogP contribution < -0.4 is 5.32 Å². The Morgan fingerprint density at radius 3 is 2.69 bits per heavy atom. The van der Waals surface area contributed by atoms with Crippen molar-refractivity contribution >= 4 is 33.9 Å². The van der Waals surface area contributed by atoms with E-state index >= 15 is 0 Å².